The predicted octanol–water partition coefficient (Wildman–Crippen LogP) is 5.05. The van der Waals surface area contributed by atoms with Gasteiger partial charge in [0.25, 0.3) is 10.0 Å². The zero-order valence-electron chi connectivity index (χ0n) is 24.3. The lowest BCUT2D eigenvalue weighted by Gasteiger charge is -2.33. The molecule has 0 saturated carbocycles. The van der Waals surface area contributed by atoms with Gasteiger partial charge in [-0.3, -0.25) is 13.9 Å². The predicted molar refractivity (Wildman–Crippen MR) is 162 cm³/mol. The SMILES string of the molecule is CCOc1ccc(S(=O)(=O)N(CC(=O)N(CCc2ccccc2)[C@@H](CC)C(=O)N[C@H](C)CC)c2ccccc2)cc1. The van der Waals surface area contributed by atoms with E-state index in [9.17, 15) is 18.0 Å². The summed E-state index contributed by atoms with van der Waals surface area (Å²) >= 11 is 0. The highest BCUT2D eigenvalue weighted by Gasteiger charge is 2.33. The second-order valence-corrected chi connectivity index (χ2v) is 11.7. The normalized spacial score (nSPS) is 12.7. The number of hydrogen-bond acceptors (Lipinski definition) is 5. The maximum atomic E-state index is 14.0. The van der Waals surface area contributed by atoms with Gasteiger partial charge in [0.1, 0.15) is 18.3 Å². The van der Waals surface area contributed by atoms with E-state index in [2.05, 4.69) is 5.32 Å². The number of para-hydroxylation sites is 1. The second-order valence-electron chi connectivity index (χ2n) is 9.82. The molecule has 0 heterocycles. The highest BCUT2D eigenvalue weighted by molar-refractivity contribution is 7.92. The molecule has 0 fully saturated rings. The molecule has 0 aliphatic heterocycles. The molecule has 3 aromatic carbocycles. The van der Waals surface area contributed by atoms with Crippen molar-refractivity contribution >= 4 is 27.5 Å². The number of hydrogen-bond donors (Lipinski definition) is 1. The van der Waals surface area contributed by atoms with Crippen LogP contribution in [-0.4, -0.2) is 56.9 Å². The first-order chi connectivity index (χ1) is 19.7. The number of rotatable bonds is 15. The van der Waals surface area contributed by atoms with Crippen LogP contribution in [0.1, 0.15) is 46.1 Å². The number of anilines is 1. The Hall–Kier alpha value is -3.85. The van der Waals surface area contributed by atoms with Gasteiger partial charge in [0.15, 0.2) is 0 Å². The monoisotopic (exact) mass is 579 g/mol. The quantitative estimate of drug-likeness (QED) is 0.272. The van der Waals surface area contributed by atoms with E-state index in [0.29, 0.717) is 30.9 Å². The van der Waals surface area contributed by atoms with Gasteiger partial charge in [-0.1, -0.05) is 62.4 Å². The van der Waals surface area contributed by atoms with Crippen molar-refractivity contribution in [3.63, 3.8) is 0 Å². The van der Waals surface area contributed by atoms with E-state index >= 15 is 0 Å². The third-order valence-corrected chi connectivity index (χ3v) is 8.71. The summed E-state index contributed by atoms with van der Waals surface area (Å²) in [6.45, 7) is 7.87. The first-order valence-corrected chi connectivity index (χ1v) is 15.6. The number of sulfonamides is 1. The molecular weight excluding hydrogens is 538 g/mol. The molecule has 41 heavy (non-hydrogen) atoms. The molecular formula is C32H41N3O5S. The number of benzene rings is 3. The highest BCUT2D eigenvalue weighted by Crippen LogP contribution is 2.26. The Balaban J connectivity index is 1.97. The van der Waals surface area contributed by atoms with Gasteiger partial charge >= 0.3 is 0 Å². The average Bonchev–Trinajstić information content (AvgIpc) is 2.99. The van der Waals surface area contributed by atoms with Crippen molar-refractivity contribution in [2.45, 2.75) is 63.9 Å². The lowest BCUT2D eigenvalue weighted by atomic mass is 10.1. The summed E-state index contributed by atoms with van der Waals surface area (Å²) < 4.78 is 34.4. The van der Waals surface area contributed by atoms with Gasteiger partial charge in [-0.25, -0.2) is 8.42 Å². The maximum absolute atomic E-state index is 14.0. The van der Waals surface area contributed by atoms with Crippen molar-refractivity contribution in [2.24, 2.45) is 0 Å². The Morgan fingerprint density at radius 3 is 2.02 bits per heavy atom. The average molecular weight is 580 g/mol. The smallest absolute Gasteiger partial charge is 0.264 e. The van der Waals surface area contributed by atoms with Crippen LogP contribution in [0.25, 0.3) is 0 Å². The molecule has 3 aromatic rings. The Morgan fingerprint density at radius 1 is 0.854 bits per heavy atom. The van der Waals surface area contributed by atoms with E-state index < -0.39 is 28.5 Å². The molecule has 9 heteroatoms. The molecule has 0 aliphatic carbocycles. The third-order valence-electron chi connectivity index (χ3n) is 6.92. The molecule has 3 rings (SSSR count). The van der Waals surface area contributed by atoms with Gasteiger partial charge in [0.05, 0.1) is 17.2 Å². The van der Waals surface area contributed by atoms with Gasteiger partial charge in [-0.05, 0) is 75.1 Å². The number of carbonyl (C=O) groups is 2. The first kappa shape index (κ1) is 31.7. The molecule has 0 bridgehead atoms. The van der Waals surface area contributed by atoms with Gasteiger partial charge in [0, 0.05) is 12.6 Å². The lowest BCUT2D eigenvalue weighted by molar-refractivity contribution is -0.139. The fourth-order valence-corrected chi connectivity index (χ4v) is 5.88. The van der Waals surface area contributed by atoms with Gasteiger partial charge in [0.2, 0.25) is 11.8 Å². The summed E-state index contributed by atoms with van der Waals surface area (Å²) in [4.78, 5) is 28.9. The summed E-state index contributed by atoms with van der Waals surface area (Å²) in [6, 6.07) is 23.6. The Labute approximate surface area is 244 Å². The molecule has 220 valence electrons. The summed E-state index contributed by atoms with van der Waals surface area (Å²) in [6.07, 6.45) is 1.67. The van der Waals surface area contributed by atoms with Crippen molar-refractivity contribution < 1.29 is 22.7 Å². The third kappa shape index (κ3) is 8.57. The Kier molecular flexibility index (Phi) is 11.8. The molecule has 0 spiro atoms. The molecule has 0 aliphatic rings. The molecule has 1 N–H and O–H groups in total. The molecule has 0 saturated heterocycles. The molecule has 2 amide bonds. The number of carbonyl (C=O) groups excluding carboxylic acids is 2. The summed E-state index contributed by atoms with van der Waals surface area (Å²) in [5, 5.41) is 2.99. The molecule has 0 unspecified atom stereocenters. The minimum absolute atomic E-state index is 0.0370. The van der Waals surface area contributed by atoms with Crippen LogP contribution in [0.3, 0.4) is 0 Å². The Bertz CT molecular complexity index is 1350. The lowest BCUT2D eigenvalue weighted by Crippen LogP contribution is -2.54. The van der Waals surface area contributed by atoms with Crippen LogP contribution < -0.4 is 14.4 Å². The van der Waals surface area contributed by atoms with E-state index in [0.717, 1.165) is 16.3 Å². The molecule has 0 aromatic heterocycles. The Morgan fingerprint density at radius 2 is 1.46 bits per heavy atom. The second kappa shape index (κ2) is 15.2. The van der Waals surface area contributed by atoms with Crippen LogP contribution in [0.15, 0.2) is 89.8 Å². The van der Waals surface area contributed by atoms with E-state index in [-0.39, 0.29) is 23.4 Å². The van der Waals surface area contributed by atoms with Crippen molar-refractivity contribution in [3.8, 4) is 5.75 Å². The zero-order valence-corrected chi connectivity index (χ0v) is 25.1. The van der Waals surface area contributed by atoms with Crippen LogP contribution in [0.2, 0.25) is 0 Å². The number of amides is 2. The molecule has 8 nitrogen and oxygen atoms in total. The molecule has 2 atom stereocenters. The van der Waals surface area contributed by atoms with Crippen LogP contribution in [-0.2, 0) is 26.0 Å². The number of nitrogens with one attached hydrogen (secondary N) is 1. The summed E-state index contributed by atoms with van der Waals surface area (Å²) in [5.74, 6) is -0.145. The largest absolute Gasteiger partial charge is 0.494 e. The standard InChI is InChI=1S/C32H41N3O5S/c1-5-25(4)33-32(37)30(6-2)34(23-22-26-14-10-8-11-15-26)31(36)24-35(27-16-12-9-13-17-27)41(38,39)29-20-18-28(19-21-29)40-7-3/h8-21,25,30H,5-7,22-24H2,1-4H3,(H,33,37)/t25-,30+/m1/s1. The number of nitrogens with zero attached hydrogens (tertiary/aromatic N) is 2. The summed E-state index contributed by atoms with van der Waals surface area (Å²) in [5.41, 5.74) is 1.37. The van der Waals surface area contributed by atoms with Crippen LogP contribution in [0, 0.1) is 0 Å². The maximum Gasteiger partial charge on any atom is 0.264 e. The minimum atomic E-state index is -4.13. The number of ether oxygens (including phenoxy) is 1. The van der Waals surface area contributed by atoms with Crippen molar-refractivity contribution in [3.05, 3.63) is 90.5 Å². The minimum Gasteiger partial charge on any atom is -0.494 e. The van der Waals surface area contributed by atoms with E-state index in [1.54, 1.807) is 42.5 Å². The fourth-order valence-electron chi connectivity index (χ4n) is 4.46. The van der Waals surface area contributed by atoms with Gasteiger partial charge < -0.3 is 15.0 Å². The van der Waals surface area contributed by atoms with Crippen molar-refractivity contribution in [1.29, 1.82) is 0 Å². The van der Waals surface area contributed by atoms with Crippen LogP contribution in [0.5, 0.6) is 5.75 Å². The van der Waals surface area contributed by atoms with Crippen molar-refractivity contribution in [2.75, 3.05) is 24.0 Å². The highest BCUT2D eigenvalue weighted by atomic mass is 32.2. The van der Waals surface area contributed by atoms with Crippen LogP contribution >= 0.6 is 0 Å². The van der Waals surface area contributed by atoms with E-state index in [1.807, 2.05) is 58.0 Å². The summed E-state index contributed by atoms with van der Waals surface area (Å²) in [7, 11) is -4.13. The van der Waals surface area contributed by atoms with Crippen molar-refractivity contribution in [1.82, 2.24) is 10.2 Å². The van der Waals surface area contributed by atoms with E-state index in [1.165, 1.54) is 17.0 Å². The topological polar surface area (TPSA) is 96.0 Å². The van der Waals surface area contributed by atoms with Crippen LogP contribution in [0.4, 0.5) is 5.69 Å². The first-order valence-electron chi connectivity index (χ1n) is 14.2. The zero-order chi connectivity index (χ0) is 29.8. The van der Waals surface area contributed by atoms with Gasteiger partial charge in [-0.15, -0.1) is 0 Å². The molecule has 0 radical (unpaired) electrons. The van der Waals surface area contributed by atoms with E-state index in [4.69, 9.17) is 4.74 Å². The fraction of sp³-hybridized carbons (Fsp3) is 0.375. The van der Waals surface area contributed by atoms with Gasteiger partial charge in [-0.2, -0.15) is 0 Å².